The minimum absolute atomic E-state index is 0.0818. The number of aryl methyl sites for hydroxylation is 1. The van der Waals surface area contributed by atoms with Gasteiger partial charge in [0.25, 0.3) is 11.8 Å². The highest BCUT2D eigenvalue weighted by atomic mass is 32.2. The molecule has 8 nitrogen and oxygen atoms in total. The van der Waals surface area contributed by atoms with Crippen LogP contribution in [-0.4, -0.2) is 35.5 Å². The number of anilines is 2. The molecule has 0 aliphatic heterocycles. The van der Waals surface area contributed by atoms with E-state index < -0.39 is 23.0 Å². The first-order valence-electron chi connectivity index (χ1n) is 17.5. The smallest absolute Gasteiger partial charge is 0.341 e. The van der Waals surface area contributed by atoms with E-state index in [1.54, 1.807) is 55.5 Å². The number of thioether (sulfide) groups is 1. The van der Waals surface area contributed by atoms with Gasteiger partial charge >= 0.3 is 5.97 Å². The first-order valence-corrected chi connectivity index (χ1v) is 19.2. The minimum Gasteiger partial charge on any atom is -0.462 e. The average molecular weight is 746 g/mol. The molecule has 53 heavy (non-hydrogen) atoms. The Bertz CT molecular complexity index is 2090. The van der Waals surface area contributed by atoms with E-state index in [-0.39, 0.29) is 18.2 Å². The molecule has 1 atom stereocenters. The molecular formula is C43H43N3O5S2. The number of esters is 1. The van der Waals surface area contributed by atoms with E-state index in [0.717, 1.165) is 27.1 Å². The van der Waals surface area contributed by atoms with Crippen LogP contribution in [0.3, 0.4) is 0 Å². The van der Waals surface area contributed by atoms with Crippen molar-refractivity contribution in [1.82, 2.24) is 5.32 Å². The molecule has 1 unspecified atom stereocenters. The molecule has 3 amide bonds. The molecule has 0 saturated carbocycles. The van der Waals surface area contributed by atoms with Gasteiger partial charge in [0.1, 0.15) is 16.3 Å². The lowest BCUT2D eigenvalue weighted by atomic mass is 10.0. The Morgan fingerprint density at radius 2 is 1.57 bits per heavy atom. The van der Waals surface area contributed by atoms with E-state index in [1.165, 1.54) is 23.1 Å². The van der Waals surface area contributed by atoms with Crippen LogP contribution in [0.1, 0.15) is 77.4 Å². The van der Waals surface area contributed by atoms with Crippen molar-refractivity contribution in [2.45, 2.75) is 57.1 Å². The summed E-state index contributed by atoms with van der Waals surface area (Å²) in [7, 11) is 0. The Labute approximate surface area is 319 Å². The van der Waals surface area contributed by atoms with Crippen LogP contribution in [-0.2, 0) is 14.3 Å². The van der Waals surface area contributed by atoms with E-state index in [4.69, 9.17) is 4.74 Å². The minimum atomic E-state index is -0.504. The van der Waals surface area contributed by atoms with Crippen LogP contribution in [0.5, 0.6) is 0 Å². The molecule has 0 spiro atoms. The molecule has 0 bridgehead atoms. The van der Waals surface area contributed by atoms with Crippen molar-refractivity contribution in [1.29, 1.82) is 0 Å². The number of hydrogen-bond donors (Lipinski definition) is 3. The second-order valence-corrected chi connectivity index (χ2v) is 14.8. The zero-order valence-corrected chi connectivity index (χ0v) is 32.0. The molecule has 0 saturated heterocycles. The van der Waals surface area contributed by atoms with Crippen molar-refractivity contribution in [2.24, 2.45) is 0 Å². The third-order valence-electron chi connectivity index (χ3n) is 8.35. The third-order valence-corrected chi connectivity index (χ3v) is 10.6. The summed E-state index contributed by atoms with van der Waals surface area (Å²) in [5.41, 5.74) is 5.92. The zero-order chi connectivity index (χ0) is 37.9. The van der Waals surface area contributed by atoms with Gasteiger partial charge in [-0.2, -0.15) is 0 Å². The quantitative estimate of drug-likeness (QED) is 0.0593. The van der Waals surface area contributed by atoms with E-state index in [2.05, 4.69) is 29.8 Å². The van der Waals surface area contributed by atoms with Gasteiger partial charge in [-0.25, -0.2) is 4.79 Å². The number of ether oxygens (including phenoxy) is 1. The molecule has 1 heterocycles. The zero-order valence-electron chi connectivity index (χ0n) is 30.4. The monoisotopic (exact) mass is 745 g/mol. The molecule has 0 radical (unpaired) electrons. The molecule has 10 heteroatoms. The van der Waals surface area contributed by atoms with Crippen molar-refractivity contribution in [2.75, 3.05) is 17.2 Å². The molecule has 0 fully saturated rings. The maximum Gasteiger partial charge on any atom is 0.341 e. The van der Waals surface area contributed by atoms with Crippen LogP contribution in [0, 0.1) is 6.92 Å². The number of rotatable bonds is 14. The van der Waals surface area contributed by atoms with Gasteiger partial charge in [-0.1, -0.05) is 99.1 Å². The van der Waals surface area contributed by atoms with Gasteiger partial charge in [0.2, 0.25) is 5.91 Å². The summed E-state index contributed by atoms with van der Waals surface area (Å²) in [5.74, 6) is -1.30. The average Bonchev–Trinajstić information content (AvgIpc) is 3.58. The normalized spacial score (nSPS) is 11.8. The number of nitrogens with one attached hydrogen (secondary N) is 3. The summed E-state index contributed by atoms with van der Waals surface area (Å²) < 4.78 is 5.38. The summed E-state index contributed by atoms with van der Waals surface area (Å²) in [5, 5.41) is 10.5. The van der Waals surface area contributed by atoms with Gasteiger partial charge in [0, 0.05) is 27.1 Å². The Balaban J connectivity index is 1.33. The van der Waals surface area contributed by atoms with Crippen LogP contribution in [0.4, 0.5) is 10.7 Å². The van der Waals surface area contributed by atoms with Crippen molar-refractivity contribution in [3.05, 3.63) is 142 Å². The standard InChI is InChI=1S/C43H43N3O5S2/c1-6-37(41(49)46-42-38(43(50)51-7-2)35(26-52-42)31-20-16-28(5)17-21-31)53-34-15-11-14-33(25-34)44-40(48)36(45-39(47)32-12-9-8-10-13-32)24-29-18-22-30(23-19-29)27(3)4/h8-27,37H,6-7H2,1-5H3,(H,44,48)(H,45,47)(H,46,49)/b36-24+. The van der Waals surface area contributed by atoms with Crippen molar-refractivity contribution in [3.63, 3.8) is 0 Å². The number of amides is 3. The maximum atomic E-state index is 13.7. The van der Waals surface area contributed by atoms with Crippen LogP contribution < -0.4 is 16.0 Å². The first kappa shape index (κ1) is 38.8. The second-order valence-electron chi connectivity index (χ2n) is 12.6. The van der Waals surface area contributed by atoms with Gasteiger partial charge in [0.15, 0.2) is 0 Å². The molecule has 4 aromatic carbocycles. The largest absolute Gasteiger partial charge is 0.462 e. The van der Waals surface area contributed by atoms with Crippen LogP contribution >= 0.6 is 23.1 Å². The highest BCUT2D eigenvalue weighted by molar-refractivity contribution is 8.00. The van der Waals surface area contributed by atoms with Crippen LogP contribution in [0.25, 0.3) is 17.2 Å². The maximum absolute atomic E-state index is 13.7. The number of benzene rings is 4. The lowest BCUT2D eigenvalue weighted by Crippen LogP contribution is -2.30. The number of thiophene rings is 1. The number of carbonyl (C=O) groups excluding carboxylic acids is 4. The predicted molar refractivity (Wildman–Crippen MR) is 217 cm³/mol. The highest BCUT2D eigenvalue weighted by Gasteiger charge is 2.26. The summed E-state index contributed by atoms with van der Waals surface area (Å²) in [6.45, 7) is 10.1. The lowest BCUT2D eigenvalue weighted by molar-refractivity contribution is -0.116. The summed E-state index contributed by atoms with van der Waals surface area (Å²) >= 11 is 2.63. The summed E-state index contributed by atoms with van der Waals surface area (Å²) in [6, 6.07) is 31.6. The SMILES string of the molecule is CCOC(=O)c1c(-c2ccc(C)cc2)csc1NC(=O)C(CC)Sc1cccc(NC(=O)/C(=C\c2ccc(C(C)C)cc2)NC(=O)c2ccccc2)c1. The second kappa shape index (κ2) is 18.3. The molecular weight excluding hydrogens is 703 g/mol. The van der Waals surface area contributed by atoms with Crippen LogP contribution in [0.15, 0.2) is 119 Å². The Kier molecular flexibility index (Phi) is 13.4. The lowest BCUT2D eigenvalue weighted by Gasteiger charge is -2.16. The molecule has 3 N–H and O–H groups in total. The Hall–Kier alpha value is -5.45. The van der Waals surface area contributed by atoms with Gasteiger partial charge < -0.3 is 20.7 Å². The number of hydrogen-bond acceptors (Lipinski definition) is 7. The molecule has 0 aliphatic carbocycles. The molecule has 1 aromatic heterocycles. The first-order chi connectivity index (χ1) is 25.6. The van der Waals surface area contributed by atoms with Crippen molar-refractivity contribution >= 4 is 63.6 Å². The van der Waals surface area contributed by atoms with E-state index in [9.17, 15) is 19.2 Å². The Morgan fingerprint density at radius 3 is 2.23 bits per heavy atom. The van der Waals surface area contributed by atoms with Gasteiger partial charge in [-0.15, -0.1) is 23.1 Å². The van der Waals surface area contributed by atoms with Gasteiger partial charge in [-0.05, 0) is 79.3 Å². The van der Waals surface area contributed by atoms with E-state index in [1.807, 2.05) is 79.9 Å². The summed E-state index contributed by atoms with van der Waals surface area (Å²) in [6.07, 6.45) is 2.15. The van der Waals surface area contributed by atoms with Gasteiger partial charge in [0.05, 0.1) is 11.9 Å². The Morgan fingerprint density at radius 1 is 0.849 bits per heavy atom. The van der Waals surface area contributed by atoms with E-state index >= 15 is 0 Å². The fourth-order valence-corrected chi connectivity index (χ4v) is 7.39. The third kappa shape index (κ3) is 10.3. The predicted octanol–water partition coefficient (Wildman–Crippen LogP) is 9.94. The fraction of sp³-hybridized carbons (Fsp3) is 0.209. The number of carbonyl (C=O) groups is 4. The fourth-order valence-electron chi connectivity index (χ4n) is 5.41. The van der Waals surface area contributed by atoms with Crippen molar-refractivity contribution in [3.8, 4) is 11.1 Å². The molecule has 5 rings (SSSR count). The van der Waals surface area contributed by atoms with Crippen LogP contribution in [0.2, 0.25) is 0 Å². The molecule has 272 valence electrons. The summed E-state index contributed by atoms with van der Waals surface area (Å²) in [4.78, 5) is 54.4. The topological polar surface area (TPSA) is 114 Å². The molecule has 5 aromatic rings. The van der Waals surface area contributed by atoms with Gasteiger partial charge in [-0.3, -0.25) is 14.4 Å². The molecule has 0 aliphatic rings. The van der Waals surface area contributed by atoms with Crippen molar-refractivity contribution < 1.29 is 23.9 Å². The highest BCUT2D eigenvalue weighted by Crippen LogP contribution is 2.37. The van der Waals surface area contributed by atoms with E-state index in [0.29, 0.717) is 39.7 Å².